The quantitative estimate of drug-likeness (QED) is 0.142. The number of hydrogen-bond acceptors (Lipinski definition) is 9. The highest BCUT2D eigenvalue weighted by Crippen LogP contribution is 2.48. The molecule has 2 aromatic carbocycles. The number of aromatic nitrogens is 2. The molecule has 2 atom stereocenters. The van der Waals surface area contributed by atoms with Gasteiger partial charge in [-0.1, -0.05) is 37.6 Å². The van der Waals surface area contributed by atoms with E-state index in [2.05, 4.69) is 28.6 Å². The minimum absolute atomic E-state index is 0.0126. The summed E-state index contributed by atoms with van der Waals surface area (Å²) in [7, 11) is 2.18. The SMILES string of the molecule is C=N/C=c1/c(N(CO)CCOCC)nc(OCC23CCCC2N(CC2CN(C)C2)CCC3)n/c1=C(\F)Cc1cccc2ccc(F)c(CC)c12. The lowest BCUT2D eigenvalue weighted by Crippen LogP contribution is -2.57. The highest BCUT2D eigenvalue weighted by molar-refractivity contribution is 5.89. The Bertz CT molecular complexity index is 1780. The number of likely N-dealkylation sites (tertiary alicyclic amines) is 2. The van der Waals surface area contributed by atoms with Gasteiger partial charge in [-0.2, -0.15) is 9.97 Å². The van der Waals surface area contributed by atoms with Crippen LogP contribution in [-0.2, 0) is 17.6 Å². The van der Waals surface area contributed by atoms with Crippen LogP contribution in [-0.4, -0.2) is 104 Å². The number of aliphatic hydroxyl groups excluding tert-OH is 1. The van der Waals surface area contributed by atoms with E-state index in [4.69, 9.17) is 19.4 Å². The molecule has 11 heteroatoms. The number of aryl methyl sites for hydroxylation is 1. The maximum Gasteiger partial charge on any atom is 0.319 e. The summed E-state index contributed by atoms with van der Waals surface area (Å²) in [5, 5.41) is 12.3. The number of piperidine rings is 1. The molecule has 0 amide bonds. The van der Waals surface area contributed by atoms with Crippen LogP contribution >= 0.6 is 0 Å². The second-order valence-electron chi connectivity index (χ2n) is 14.2. The Hall–Kier alpha value is -3.51. The van der Waals surface area contributed by atoms with Crippen molar-refractivity contribution in [1.82, 2.24) is 19.8 Å². The van der Waals surface area contributed by atoms with Gasteiger partial charge in [0.05, 0.1) is 18.4 Å². The lowest BCUT2D eigenvalue weighted by atomic mass is 9.75. The Morgan fingerprint density at radius 2 is 2.00 bits per heavy atom. The molecule has 9 nitrogen and oxygen atoms in total. The van der Waals surface area contributed by atoms with E-state index in [1.54, 1.807) is 11.0 Å². The summed E-state index contributed by atoms with van der Waals surface area (Å²) >= 11 is 0. The van der Waals surface area contributed by atoms with Crippen molar-refractivity contribution in [2.75, 3.05) is 71.2 Å². The minimum Gasteiger partial charge on any atom is -0.463 e. The van der Waals surface area contributed by atoms with Crippen LogP contribution < -0.4 is 20.2 Å². The van der Waals surface area contributed by atoms with Crippen molar-refractivity contribution in [2.24, 2.45) is 16.3 Å². The van der Waals surface area contributed by atoms with Crippen LogP contribution in [0.3, 0.4) is 0 Å². The third-order valence-electron chi connectivity index (χ3n) is 11.0. The molecule has 2 aliphatic heterocycles. The first-order valence-electron chi connectivity index (χ1n) is 18.2. The van der Waals surface area contributed by atoms with E-state index in [1.165, 1.54) is 12.3 Å². The largest absolute Gasteiger partial charge is 0.463 e. The molecule has 1 saturated carbocycles. The third kappa shape index (κ3) is 7.56. The standard InChI is InChI=1S/C39H52F2N6O3/c1-5-30-32(40)14-13-28-10-7-11-29(35(28)30)20-33(41)36-31(21-42-3)37(47(26-48)18-19-49-6-2)44-38(43-36)50-25-39-15-8-12-34(39)46(17-9-16-39)24-27-22-45(4)23-27/h7,10-11,13-14,21,27,34,48H,3,5-6,8-9,12,15-20,22-26H2,1-2,4H3/b31-21+,36-33-. The Morgan fingerprint density at radius 1 is 1.18 bits per heavy atom. The van der Waals surface area contributed by atoms with Crippen molar-refractivity contribution in [2.45, 2.75) is 64.8 Å². The van der Waals surface area contributed by atoms with Crippen LogP contribution in [0.5, 0.6) is 6.01 Å². The number of ether oxygens (including phenoxy) is 2. The summed E-state index contributed by atoms with van der Waals surface area (Å²) in [5.41, 5.74) is 1.18. The van der Waals surface area contributed by atoms with E-state index < -0.39 is 5.83 Å². The van der Waals surface area contributed by atoms with Gasteiger partial charge in [0, 0.05) is 56.9 Å². The number of aliphatic hydroxyl groups is 1. The summed E-state index contributed by atoms with van der Waals surface area (Å²) in [4.78, 5) is 20.1. The van der Waals surface area contributed by atoms with Gasteiger partial charge >= 0.3 is 6.01 Å². The number of hydrogen-bond donors (Lipinski definition) is 1. The fourth-order valence-corrected chi connectivity index (χ4v) is 8.69. The highest BCUT2D eigenvalue weighted by Gasteiger charge is 2.49. The summed E-state index contributed by atoms with van der Waals surface area (Å²) in [6, 6.07) is 9.27. The van der Waals surface area contributed by atoms with Crippen molar-refractivity contribution < 1.29 is 23.4 Å². The predicted octanol–water partition coefficient (Wildman–Crippen LogP) is 4.46. The Balaban J connectivity index is 1.40. The Labute approximate surface area is 294 Å². The molecule has 0 bridgehead atoms. The summed E-state index contributed by atoms with van der Waals surface area (Å²) < 4.78 is 43.9. The molecule has 3 aliphatic rings. The normalized spacial score (nSPS) is 22.4. The molecule has 270 valence electrons. The molecule has 3 heterocycles. The fraction of sp³-hybridized carbons (Fsp3) is 0.564. The van der Waals surface area contributed by atoms with Crippen molar-refractivity contribution in [1.29, 1.82) is 0 Å². The molecular weight excluding hydrogens is 638 g/mol. The average molecular weight is 691 g/mol. The van der Waals surface area contributed by atoms with Gasteiger partial charge in [-0.05, 0) is 93.2 Å². The number of aliphatic imine (C=N–C) groups is 1. The molecule has 3 aromatic rings. The fourth-order valence-electron chi connectivity index (χ4n) is 8.69. The number of fused-ring (bicyclic) bond motifs is 2. The summed E-state index contributed by atoms with van der Waals surface area (Å²) in [6.45, 7) is 13.2. The zero-order chi connectivity index (χ0) is 35.3. The maximum atomic E-state index is 16.8. The lowest BCUT2D eigenvalue weighted by Gasteiger charge is -2.49. The topological polar surface area (TPSA) is 86.5 Å². The third-order valence-corrected chi connectivity index (χ3v) is 11.0. The van der Waals surface area contributed by atoms with Crippen LogP contribution in [0.2, 0.25) is 0 Å². The van der Waals surface area contributed by atoms with Gasteiger partial charge in [0.25, 0.3) is 0 Å². The van der Waals surface area contributed by atoms with Crippen LogP contribution in [0.1, 0.15) is 57.1 Å². The number of nitrogens with zero attached hydrogens (tertiary/aromatic N) is 6. The van der Waals surface area contributed by atoms with Gasteiger partial charge in [-0.15, -0.1) is 0 Å². The Morgan fingerprint density at radius 3 is 2.74 bits per heavy atom. The molecule has 3 fully saturated rings. The van der Waals surface area contributed by atoms with Crippen molar-refractivity contribution in [3.63, 3.8) is 0 Å². The molecule has 2 unspecified atom stereocenters. The molecular formula is C39H52F2N6O3. The first-order valence-corrected chi connectivity index (χ1v) is 18.2. The molecule has 0 spiro atoms. The summed E-state index contributed by atoms with van der Waals surface area (Å²) in [5.74, 6) is 0.143. The summed E-state index contributed by atoms with van der Waals surface area (Å²) in [6.07, 6.45) is 7.30. The molecule has 50 heavy (non-hydrogen) atoms. The molecule has 0 radical (unpaired) electrons. The van der Waals surface area contributed by atoms with Crippen molar-refractivity contribution >= 4 is 35.3 Å². The van der Waals surface area contributed by atoms with E-state index >= 15 is 4.39 Å². The van der Waals surface area contributed by atoms with Gasteiger partial charge in [0.2, 0.25) is 0 Å². The number of benzene rings is 2. The van der Waals surface area contributed by atoms with E-state index in [1.807, 2.05) is 32.0 Å². The molecule has 1 N–H and O–H groups in total. The zero-order valence-corrected chi connectivity index (χ0v) is 29.8. The van der Waals surface area contributed by atoms with Crippen LogP contribution in [0.4, 0.5) is 14.6 Å². The first-order chi connectivity index (χ1) is 24.3. The number of rotatable bonds is 15. The molecule has 2 saturated heterocycles. The highest BCUT2D eigenvalue weighted by atomic mass is 19.1. The average Bonchev–Trinajstić information content (AvgIpc) is 3.54. The van der Waals surface area contributed by atoms with E-state index in [-0.39, 0.29) is 46.8 Å². The van der Waals surface area contributed by atoms with Gasteiger partial charge in [-0.25, -0.2) is 8.78 Å². The Kier molecular flexibility index (Phi) is 11.8. The van der Waals surface area contributed by atoms with Crippen molar-refractivity contribution in [3.05, 3.63) is 57.8 Å². The van der Waals surface area contributed by atoms with Crippen LogP contribution in [0.25, 0.3) is 22.8 Å². The van der Waals surface area contributed by atoms with Gasteiger partial charge in [0.15, 0.2) is 0 Å². The molecule has 6 rings (SSSR count). The maximum absolute atomic E-state index is 16.8. The van der Waals surface area contributed by atoms with E-state index in [0.717, 1.165) is 63.7 Å². The number of halogens is 2. The first kappa shape index (κ1) is 36.3. The van der Waals surface area contributed by atoms with E-state index in [9.17, 15) is 9.50 Å². The van der Waals surface area contributed by atoms with Gasteiger partial charge in [-0.3, -0.25) is 9.89 Å². The number of anilines is 1. The molecule has 1 aromatic heterocycles. The second-order valence-corrected chi connectivity index (χ2v) is 14.2. The van der Waals surface area contributed by atoms with Crippen molar-refractivity contribution in [3.8, 4) is 6.01 Å². The molecule has 1 aliphatic carbocycles. The lowest BCUT2D eigenvalue weighted by molar-refractivity contribution is -0.0225. The van der Waals surface area contributed by atoms with Gasteiger partial charge < -0.3 is 24.4 Å². The van der Waals surface area contributed by atoms with E-state index in [0.29, 0.717) is 61.3 Å². The van der Waals surface area contributed by atoms with Crippen LogP contribution in [0, 0.1) is 17.2 Å². The monoisotopic (exact) mass is 690 g/mol. The predicted molar refractivity (Wildman–Crippen MR) is 195 cm³/mol. The van der Waals surface area contributed by atoms with Gasteiger partial charge in [0.1, 0.15) is 29.5 Å². The zero-order valence-electron chi connectivity index (χ0n) is 29.8. The minimum atomic E-state index is -0.541. The smallest absolute Gasteiger partial charge is 0.319 e. The second kappa shape index (κ2) is 16.2. The van der Waals surface area contributed by atoms with Crippen LogP contribution in [0.15, 0.2) is 35.3 Å².